The number of rotatable bonds is 5. The van der Waals surface area contributed by atoms with Crippen LogP contribution in [0.3, 0.4) is 0 Å². The Bertz CT molecular complexity index is 391. The van der Waals surface area contributed by atoms with Crippen molar-refractivity contribution in [3.63, 3.8) is 0 Å². The summed E-state index contributed by atoms with van der Waals surface area (Å²) in [5.41, 5.74) is 6.70. The summed E-state index contributed by atoms with van der Waals surface area (Å²) in [4.78, 5) is 2.40. The molecule has 1 saturated carbocycles. The molecule has 0 unspecified atom stereocenters. The quantitative estimate of drug-likeness (QED) is 0.903. The number of benzene rings is 1. The van der Waals surface area contributed by atoms with Gasteiger partial charge in [-0.15, -0.1) is 0 Å². The molecule has 0 aliphatic heterocycles. The summed E-state index contributed by atoms with van der Waals surface area (Å²) >= 11 is 3.34. The molecule has 0 atom stereocenters. The highest BCUT2D eigenvalue weighted by Crippen LogP contribution is 2.27. The van der Waals surface area contributed by atoms with Gasteiger partial charge in [0, 0.05) is 25.7 Å². The fraction of sp³-hybridized carbons (Fsp3) is 0.571. The van der Waals surface area contributed by atoms with Crippen LogP contribution in [0.4, 0.5) is 4.39 Å². The van der Waals surface area contributed by atoms with Crippen LogP contribution in [0, 0.1) is 5.82 Å². The highest BCUT2D eigenvalue weighted by atomic mass is 79.9. The lowest BCUT2D eigenvalue weighted by Gasteiger charge is -2.28. The lowest BCUT2D eigenvalue weighted by atomic mass is 10.1. The minimum atomic E-state index is -0.188. The second-order valence-corrected chi connectivity index (χ2v) is 5.70. The van der Waals surface area contributed by atoms with Crippen LogP contribution in [0.2, 0.25) is 0 Å². The Morgan fingerprint density at radius 1 is 1.33 bits per heavy atom. The first-order valence-electron chi connectivity index (χ1n) is 6.59. The van der Waals surface area contributed by atoms with Gasteiger partial charge in [-0.3, -0.25) is 4.90 Å². The molecule has 100 valence electrons. The monoisotopic (exact) mass is 314 g/mol. The first-order chi connectivity index (χ1) is 8.72. The molecule has 2 N–H and O–H groups in total. The molecule has 18 heavy (non-hydrogen) atoms. The van der Waals surface area contributed by atoms with Crippen LogP contribution in [-0.2, 0) is 6.54 Å². The zero-order chi connectivity index (χ0) is 13.0. The van der Waals surface area contributed by atoms with Crippen molar-refractivity contribution >= 4 is 15.9 Å². The maximum absolute atomic E-state index is 13.5. The van der Waals surface area contributed by atoms with E-state index in [2.05, 4.69) is 20.8 Å². The molecule has 1 aromatic carbocycles. The van der Waals surface area contributed by atoms with Crippen LogP contribution < -0.4 is 5.73 Å². The van der Waals surface area contributed by atoms with Gasteiger partial charge >= 0.3 is 0 Å². The Labute approximate surface area is 116 Å². The topological polar surface area (TPSA) is 29.3 Å². The summed E-state index contributed by atoms with van der Waals surface area (Å²) in [6.45, 7) is 2.32. The van der Waals surface area contributed by atoms with Crippen molar-refractivity contribution in [1.82, 2.24) is 4.90 Å². The van der Waals surface area contributed by atoms with Gasteiger partial charge in [-0.05, 0) is 40.4 Å². The molecular weight excluding hydrogens is 295 g/mol. The molecule has 1 aliphatic rings. The third-order valence-electron chi connectivity index (χ3n) is 3.66. The van der Waals surface area contributed by atoms with Gasteiger partial charge in [0.25, 0.3) is 0 Å². The van der Waals surface area contributed by atoms with Crippen LogP contribution in [0.15, 0.2) is 22.7 Å². The number of hydrogen-bond donors (Lipinski definition) is 1. The van der Waals surface area contributed by atoms with Crippen LogP contribution in [0.25, 0.3) is 0 Å². The Morgan fingerprint density at radius 3 is 2.72 bits per heavy atom. The summed E-state index contributed by atoms with van der Waals surface area (Å²) in [6.07, 6.45) is 5.09. The normalized spacial score (nSPS) is 16.7. The Balaban J connectivity index is 2.10. The summed E-state index contributed by atoms with van der Waals surface area (Å²) in [6, 6.07) is 5.84. The molecule has 1 fully saturated rings. The summed E-state index contributed by atoms with van der Waals surface area (Å²) in [7, 11) is 0. The van der Waals surface area contributed by atoms with E-state index in [-0.39, 0.29) is 5.82 Å². The van der Waals surface area contributed by atoms with Gasteiger partial charge in [-0.25, -0.2) is 4.39 Å². The molecule has 1 aromatic rings. The zero-order valence-electron chi connectivity index (χ0n) is 10.5. The van der Waals surface area contributed by atoms with E-state index in [9.17, 15) is 4.39 Å². The molecule has 4 heteroatoms. The van der Waals surface area contributed by atoms with Gasteiger partial charge in [-0.1, -0.05) is 25.0 Å². The second kappa shape index (κ2) is 6.64. The minimum Gasteiger partial charge on any atom is -0.329 e. The third kappa shape index (κ3) is 3.31. The van der Waals surface area contributed by atoms with E-state index in [1.54, 1.807) is 6.07 Å². The van der Waals surface area contributed by atoms with Crippen molar-refractivity contribution in [3.8, 4) is 0 Å². The van der Waals surface area contributed by atoms with Gasteiger partial charge in [0.05, 0.1) is 4.47 Å². The Morgan fingerprint density at radius 2 is 2.06 bits per heavy atom. The molecular formula is C14H20BrFN2. The number of nitrogens with zero attached hydrogens (tertiary/aromatic N) is 1. The minimum absolute atomic E-state index is 0.188. The van der Waals surface area contributed by atoms with E-state index in [4.69, 9.17) is 5.73 Å². The predicted molar refractivity (Wildman–Crippen MR) is 75.8 cm³/mol. The van der Waals surface area contributed by atoms with Crippen molar-refractivity contribution in [2.45, 2.75) is 38.3 Å². The first kappa shape index (κ1) is 14.0. The fourth-order valence-corrected chi connectivity index (χ4v) is 3.11. The molecule has 0 spiro atoms. The fourth-order valence-electron chi connectivity index (χ4n) is 2.72. The highest BCUT2D eigenvalue weighted by Gasteiger charge is 2.22. The molecule has 2 nitrogen and oxygen atoms in total. The van der Waals surface area contributed by atoms with Crippen molar-refractivity contribution in [1.29, 1.82) is 0 Å². The van der Waals surface area contributed by atoms with Gasteiger partial charge in [-0.2, -0.15) is 0 Å². The maximum Gasteiger partial charge on any atom is 0.137 e. The molecule has 0 saturated heterocycles. The molecule has 0 aromatic heterocycles. The van der Waals surface area contributed by atoms with Crippen molar-refractivity contribution in [2.75, 3.05) is 13.1 Å². The number of nitrogens with two attached hydrogens (primary N) is 1. The Hall–Kier alpha value is -0.450. The van der Waals surface area contributed by atoms with Crippen LogP contribution in [0.5, 0.6) is 0 Å². The van der Waals surface area contributed by atoms with Crippen LogP contribution in [-0.4, -0.2) is 24.0 Å². The average molecular weight is 315 g/mol. The second-order valence-electron chi connectivity index (χ2n) is 4.91. The zero-order valence-corrected chi connectivity index (χ0v) is 12.1. The number of halogens is 2. The third-order valence-corrected chi connectivity index (χ3v) is 4.55. The van der Waals surface area contributed by atoms with E-state index in [0.29, 0.717) is 17.1 Å². The lowest BCUT2D eigenvalue weighted by molar-refractivity contribution is 0.194. The van der Waals surface area contributed by atoms with E-state index < -0.39 is 0 Å². The Kier molecular flexibility index (Phi) is 5.15. The number of hydrogen-bond acceptors (Lipinski definition) is 2. The van der Waals surface area contributed by atoms with Gasteiger partial charge in [0.1, 0.15) is 5.82 Å². The van der Waals surface area contributed by atoms with Crippen LogP contribution in [0.1, 0.15) is 31.2 Å². The molecule has 0 heterocycles. The highest BCUT2D eigenvalue weighted by molar-refractivity contribution is 9.10. The average Bonchev–Trinajstić information content (AvgIpc) is 2.88. The van der Waals surface area contributed by atoms with Crippen molar-refractivity contribution < 1.29 is 4.39 Å². The maximum atomic E-state index is 13.5. The van der Waals surface area contributed by atoms with E-state index in [1.807, 2.05) is 6.07 Å². The molecule has 0 amide bonds. The van der Waals surface area contributed by atoms with E-state index >= 15 is 0 Å². The molecule has 1 aliphatic carbocycles. The van der Waals surface area contributed by atoms with Crippen molar-refractivity contribution in [2.24, 2.45) is 5.73 Å². The largest absolute Gasteiger partial charge is 0.329 e. The summed E-state index contributed by atoms with van der Waals surface area (Å²) in [5.74, 6) is -0.188. The van der Waals surface area contributed by atoms with E-state index in [0.717, 1.165) is 18.7 Å². The van der Waals surface area contributed by atoms with Gasteiger partial charge in [0.2, 0.25) is 0 Å². The lowest BCUT2D eigenvalue weighted by Crippen LogP contribution is -2.36. The van der Waals surface area contributed by atoms with Gasteiger partial charge in [0.15, 0.2) is 0 Å². The van der Waals surface area contributed by atoms with E-state index in [1.165, 1.54) is 31.7 Å². The summed E-state index contributed by atoms with van der Waals surface area (Å²) < 4.78 is 14.1. The van der Waals surface area contributed by atoms with Crippen molar-refractivity contribution in [3.05, 3.63) is 34.1 Å². The first-order valence-corrected chi connectivity index (χ1v) is 7.38. The smallest absolute Gasteiger partial charge is 0.137 e. The molecule has 2 rings (SSSR count). The SMILES string of the molecule is NCCN(Cc1cccc(F)c1Br)C1CCCC1. The molecule has 0 bridgehead atoms. The van der Waals surface area contributed by atoms with Gasteiger partial charge < -0.3 is 5.73 Å². The molecule has 0 radical (unpaired) electrons. The summed E-state index contributed by atoms with van der Waals surface area (Å²) in [5, 5.41) is 0. The van der Waals surface area contributed by atoms with Crippen LogP contribution >= 0.6 is 15.9 Å². The standard InChI is InChI=1S/C14H20BrFN2/c15-14-11(4-3-7-13(14)16)10-18(9-8-17)12-5-1-2-6-12/h3-4,7,12H,1-2,5-6,8-10,17H2. The predicted octanol–water partition coefficient (Wildman–Crippen LogP) is 3.29.